The van der Waals surface area contributed by atoms with Gasteiger partial charge in [-0.15, -0.1) is 0 Å². The largest absolute Gasteiger partial charge is 0.462 e. The molecule has 2 saturated carbocycles. The van der Waals surface area contributed by atoms with Gasteiger partial charge in [0.1, 0.15) is 12.5 Å². The van der Waals surface area contributed by atoms with Crippen LogP contribution in [0, 0.1) is 11.8 Å². The Kier molecular flexibility index (Phi) is 4.67. The molecule has 23 heavy (non-hydrogen) atoms. The third-order valence-corrected chi connectivity index (χ3v) is 5.15. The van der Waals surface area contributed by atoms with Gasteiger partial charge in [0.25, 0.3) is 6.43 Å². The molecule has 3 nitrogen and oxygen atoms in total. The third-order valence-electron chi connectivity index (χ3n) is 4.82. The summed E-state index contributed by atoms with van der Waals surface area (Å²) < 4.78 is 30.7. The molecule has 2 fully saturated rings. The molecule has 0 spiro atoms. The van der Waals surface area contributed by atoms with Gasteiger partial charge in [-0.05, 0) is 43.6 Å². The molecule has 0 heterocycles. The van der Waals surface area contributed by atoms with Gasteiger partial charge in [0, 0.05) is 11.1 Å². The van der Waals surface area contributed by atoms with E-state index < -0.39 is 24.6 Å². The molecular weight excluding hydrogens is 326 g/mol. The smallest absolute Gasteiger partial charge is 0.313 e. The Morgan fingerprint density at radius 1 is 1.26 bits per heavy atom. The normalized spacial score (nSPS) is 25.8. The molecule has 2 aliphatic carbocycles. The van der Waals surface area contributed by atoms with Gasteiger partial charge >= 0.3 is 5.97 Å². The van der Waals surface area contributed by atoms with Crippen LogP contribution in [0.5, 0.6) is 0 Å². The number of esters is 1. The quantitative estimate of drug-likeness (QED) is 0.447. The minimum Gasteiger partial charge on any atom is -0.462 e. The highest BCUT2D eigenvalue weighted by molar-refractivity contribution is 6.31. The number of carbonyl (C=O) groups is 2. The van der Waals surface area contributed by atoms with E-state index in [9.17, 15) is 18.4 Å². The highest BCUT2D eigenvalue weighted by atomic mass is 35.5. The van der Waals surface area contributed by atoms with Crippen molar-refractivity contribution in [3.63, 3.8) is 0 Å². The zero-order valence-corrected chi connectivity index (χ0v) is 13.2. The summed E-state index contributed by atoms with van der Waals surface area (Å²) in [6.45, 7) is 0. The number of fused-ring (bicyclic) bond motifs is 2. The number of alkyl halides is 2. The van der Waals surface area contributed by atoms with Gasteiger partial charge in [0.2, 0.25) is 0 Å². The number of hydrogen-bond acceptors (Lipinski definition) is 3. The van der Waals surface area contributed by atoms with Gasteiger partial charge in [-0.3, -0.25) is 9.59 Å². The van der Waals surface area contributed by atoms with E-state index in [0.29, 0.717) is 11.8 Å². The molecule has 0 saturated heterocycles. The monoisotopic (exact) mass is 342 g/mol. The third kappa shape index (κ3) is 3.55. The standard InChI is InChI=1S/C17H17ClF2O3/c18-13-7-10(3-4-12(13)17(19)20)14(21)8-16(22)23-15-6-9-1-2-11(15)5-9/h3-4,7,9,11,15,17H,1-2,5-6,8H2. The van der Waals surface area contributed by atoms with E-state index >= 15 is 0 Å². The Bertz CT molecular complexity index is 632. The first-order chi connectivity index (χ1) is 10.9. The van der Waals surface area contributed by atoms with Gasteiger partial charge in [0.15, 0.2) is 5.78 Å². The van der Waals surface area contributed by atoms with Crippen molar-refractivity contribution >= 4 is 23.4 Å². The maximum Gasteiger partial charge on any atom is 0.313 e. The Hall–Kier alpha value is -1.49. The van der Waals surface area contributed by atoms with Crippen LogP contribution in [0.4, 0.5) is 8.78 Å². The maximum absolute atomic E-state index is 12.6. The second-order valence-corrected chi connectivity index (χ2v) is 6.75. The molecule has 0 amide bonds. The molecule has 3 unspecified atom stereocenters. The topological polar surface area (TPSA) is 43.4 Å². The highest BCUT2D eigenvalue weighted by Crippen LogP contribution is 2.45. The van der Waals surface area contributed by atoms with E-state index in [4.69, 9.17) is 16.3 Å². The Labute approximate surface area is 138 Å². The van der Waals surface area contributed by atoms with Crippen LogP contribution in [0.3, 0.4) is 0 Å². The molecule has 0 aromatic heterocycles. The van der Waals surface area contributed by atoms with Gasteiger partial charge in [0.05, 0.1) is 5.02 Å². The molecule has 3 atom stereocenters. The second-order valence-electron chi connectivity index (χ2n) is 6.34. The molecule has 0 N–H and O–H groups in total. The van der Waals surface area contributed by atoms with Gasteiger partial charge in [-0.1, -0.05) is 23.7 Å². The average Bonchev–Trinajstić information content (AvgIpc) is 3.09. The zero-order chi connectivity index (χ0) is 16.6. The Morgan fingerprint density at radius 2 is 2.04 bits per heavy atom. The van der Waals surface area contributed by atoms with Gasteiger partial charge < -0.3 is 4.74 Å². The molecule has 3 rings (SSSR count). The summed E-state index contributed by atoms with van der Waals surface area (Å²) in [6.07, 6.45) is 1.12. The molecular formula is C17H17ClF2O3. The molecule has 124 valence electrons. The number of Topliss-reactive ketones (excluding diaryl/α,β-unsaturated/α-hetero) is 1. The fourth-order valence-corrected chi connectivity index (χ4v) is 3.91. The summed E-state index contributed by atoms with van der Waals surface area (Å²) in [7, 11) is 0. The summed E-state index contributed by atoms with van der Waals surface area (Å²) in [6, 6.07) is 3.55. The van der Waals surface area contributed by atoms with Crippen molar-refractivity contribution in [2.45, 2.75) is 44.6 Å². The van der Waals surface area contributed by atoms with Crippen molar-refractivity contribution in [2.75, 3.05) is 0 Å². The fraction of sp³-hybridized carbons (Fsp3) is 0.529. The minimum atomic E-state index is -2.70. The number of rotatable bonds is 5. The van der Waals surface area contributed by atoms with Crippen LogP contribution >= 0.6 is 11.6 Å². The molecule has 2 bridgehead atoms. The number of benzene rings is 1. The highest BCUT2D eigenvalue weighted by Gasteiger charge is 2.41. The van der Waals surface area contributed by atoms with Crippen LogP contribution in [0.25, 0.3) is 0 Å². The van der Waals surface area contributed by atoms with Crippen molar-refractivity contribution in [1.82, 2.24) is 0 Å². The summed E-state index contributed by atoms with van der Waals surface area (Å²) in [5.41, 5.74) is -0.183. The Balaban J connectivity index is 1.58. The predicted molar refractivity (Wildman–Crippen MR) is 80.7 cm³/mol. The molecule has 1 aromatic rings. The molecule has 0 radical (unpaired) electrons. The van der Waals surface area contributed by atoms with E-state index in [1.54, 1.807) is 0 Å². The van der Waals surface area contributed by atoms with Crippen LogP contribution in [0.15, 0.2) is 18.2 Å². The lowest BCUT2D eigenvalue weighted by Crippen LogP contribution is -2.25. The van der Waals surface area contributed by atoms with E-state index in [1.165, 1.54) is 18.6 Å². The van der Waals surface area contributed by atoms with Gasteiger partial charge in [-0.25, -0.2) is 8.78 Å². The number of carbonyl (C=O) groups excluding carboxylic acids is 2. The summed E-state index contributed by atoms with van der Waals surface area (Å²) in [5, 5.41) is -0.174. The number of ether oxygens (including phenoxy) is 1. The lowest BCUT2D eigenvalue weighted by molar-refractivity contribution is -0.150. The lowest BCUT2D eigenvalue weighted by Gasteiger charge is -2.21. The minimum absolute atomic E-state index is 0.0705. The molecule has 0 aliphatic heterocycles. The van der Waals surface area contributed by atoms with Crippen LogP contribution in [0.1, 0.15) is 54.5 Å². The second kappa shape index (κ2) is 6.56. The van der Waals surface area contributed by atoms with E-state index in [2.05, 4.69) is 0 Å². The van der Waals surface area contributed by atoms with Crippen LogP contribution in [-0.2, 0) is 9.53 Å². The predicted octanol–water partition coefficient (Wildman–Crippen LogP) is 4.58. The maximum atomic E-state index is 12.6. The fourth-order valence-electron chi connectivity index (χ4n) is 3.65. The zero-order valence-electron chi connectivity index (χ0n) is 12.4. The van der Waals surface area contributed by atoms with E-state index in [-0.39, 0.29) is 22.3 Å². The van der Waals surface area contributed by atoms with Crippen molar-refractivity contribution in [2.24, 2.45) is 11.8 Å². The van der Waals surface area contributed by atoms with Crippen molar-refractivity contribution in [3.05, 3.63) is 34.3 Å². The van der Waals surface area contributed by atoms with Crippen LogP contribution in [-0.4, -0.2) is 17.9 Å². The SMILES string of the molecule is O=C(CC(=O)c1ccc(C(F)F)c(Cl)c1)OC1CC2CCC1C2. The summed E-state index contributed by atoms with van der Waals surface area (Å²) in [5.74, 6) is 0.0514. The Morgan fingerprint density at radius 3 is 2.61 bits per heavy atom. The summed E-state index contributed by atoms with van der Waals surface area (Å²) in [4.78, 5) is 24.0. The molecule has 1 aromatic carbocycles. The molecule has 6 heteroatoms. The lowest BCUT2D eigenvalue weighted by atomic mass is 9.97. The average molecular weight is 343 g/mol. The van der Waals surface area contributed by atoms with Gasteiger partial charge in [-0.2, -0.15) is 0 Å². The first kappa shape index (κ1) is 16.4. The van der Waals surface area contributed by atoms with Crippen LogP contribution in [0.2, 0.25) is 5.02 Å². The van der Waals surface area contributed by atoms with Crippen molar-refractivity contribution < 1.29 is 23.1 Å². The number of ketones is 1. The number of halogens is 3. The van der Waals surface area contributed by atoms with Crippen molar-refractivity contribution in [1.29, 1.82) is 0 Å². The first-order valence-corrected chi connectivity index (χ1v) is 8.12. The first-order valence-electron chi connectivity index (χ1n) is 7.74. The van der Waals surface area contributed by atoms with Crippen molar-refractivity contribution in [3.8, 4) is 0 Å². The van der Waals surface area contributed by atoms with E-state index in [0.717, 1.165) is 25.3 Å². The van der Waals surface area contributed by atoms with Crippen LogP contribution < -0.4 is 0 Å². The van der Waals surface area contributed by atoms with E-state index in [1.807, 2.05) is 0 Å². The number of hydrogen-bond donors (Lipinski definition) is 0. The summed E-state index contributed by atoms with van der Waals surface area (Å²) >= 11 is 5.74. The molecule has 2 aliphatic rings.